The molecule has 0 aromatic heterocycles. The van der Waals surface area contributed by atoms with Crippen molar-refractivity contribution in [1.82, 2.24) is 10.2 Å². The lowest BCUT2D eigenvalue weighted by molar-refractivity contribution is 0.0688. The number of carbonyl (C=O) groups excluding carboxylic acids is 1. The molecule has 0 saturated carbocycles. The van der Waals surface area contributed by atoms with Gasteiger partial charge in [0.1, 0.15) is 0 Å². The van der Waals surface area contributed by atoms with E-state index in [1.54, 1.807) is 6.07 Å². The van der Waals surface area contributed by atoms with E-state index in [4.69, 9.17) is 11.6 Å². The Morgan fingerprint density at radius 3 is 2.90 bits per heavy atom. The molecular weight excluding hydrogens is 387 g/mol. The number of rotatable bonds is 4. The van der Waals surface area contributed by atoms with Crippen molar-refractivity contribution in [2.75, 3.05) is 13.1 Å². The van der Waals surface area contributed by atoms with Crippen molar-refractivity contribution in [1.29, 1.82) is 0 Å². The summed E-state index contributed by atoms with van der Waals surface area (Å²) in [6, 6.07) is 6.07. The van der Waals surface area contributed by atoms with Gasteiger partial charge in [-0.3, -0.25) is 4.79 Å². The molecule has 1 N–H and O–H groups in total. The van der Waals surface area contributed by atoms with E-state index in [1.807, 2.05) is 17.0 Å². The van der Waals surface area contributed by atoms with Gasteiger partial charge in [0.15, 0.2) is 0 Å². The van der Waals surface area contributed by atoms with Crippen LogP contribution in [-0.4, -0.2) is 36.0 Å². The fraction of sp³-hybridized carbons (Fsp3) is 0.533. The zero-order chi connectivity index (χ0) is 14.7. The molecule has 1 atom stereocenters. The second-order valence-electron chi connectivity index (χ2n) is 5.47. The molecule has 1 saturated heterocycles. The Bertz CT molecular complexity index is 487. The Balaban J connectivity index is 2.19. The highest BCUT2D eigenvalue weighted by Crippen LogP contribution is 2.21. The predicted molar refractivity (Wildman–Crippen MR) is 91.4 cm³/mol. The van der Waals surface area contributed by atoms with Crippen LogP contribution in [0.3, 0.4) is 0 Å². The molecule has 1 heterocycles. The highest BCUT2D eigenvalue weighted by molar-refractivity contribution is 14.1. The number of amides is 1. The molecule has 0 bridgehead atoms. The van der Waals surface area contributed by atoms with Crippen LogP contribution in [0, 0.1) is 3.57 Å². The first-order valence-corrected chi connectivity index (χ1v) is 8.44. The molecular formula is C15H20ClIN2O. The number of nitrogens with one attached hydrogen (secondary N) is 1. The number of benzene rings is 1. The van der Waals surface area contributed by atoms with Gasteiger partial charge in [-0.05, 0) is 74.0 Å². The third-order valence-electron chi connectivity index (χ3n) is 3.62. The van der Waals surface area contributed by atoms with Crippen LogP contribution in [0.2, 0.25) is 5.02 Å². The first-order valence-electron chi connectivity index (χ1n) is 6.98. The molecule has 1 amide bonds. The standard InChI is InChI=1S/C15H20ClIN2O/c1-10(2)19(9-12-4-3-7-18-12)15(20)13-8-11(16)5-6-14(13)17/h5-6,8,10,12,18H,3-4,7,9H2,1-2H3. The largest absolute Gasteiger partial charge is 0.335 e. The van der Waals surface area contributed by atoms with Crippen LogP contribution in [0.1, 0.15) is 37.0 Å². The average Bonchev–Trinajstić information content (AvgIpc) is 2.90. The van der Waals surface area contributed by atoms with Crippen LogP contribution in [0.25, 0.3) is 0 Å². The number of nitrogens with zero attached hydrogens (tertiary/aromatic N) is 1. The van der Waals surface area contributed by atoms with Crippen molar-refractivity contribution in [3.05, 3.63) is 32.4 Å². The number of hydrogen-bond donors (Lipinski definition) is 1. The van der Waals surface area contributed by atoms with E-state index in [2.05, 4.69) is 41.8 Å². The quantitative estimate of drug-likeness (QED) is 0.776. The van der Waals surface area contributed by atoms with E-state index >= 15 is 0 Å². The van der Waals surface area contributed by atoms with E-state index < -0.39 is 0 Å². The molecule has 110 valence electrons. The van der Waals surface area contributed by atoms with E-state index in [0.717, 1.165) is 23.1 Å². The van der Waals surface area contributed by atoms with Crippen molar-refractivity contribution in [3.63, 3.8) is 0 Å². The van der Waals surface area contributed by atoms with Gasteiger partial charge < -0.3 is 10.2 Å². The summed E-state index contributed by atoms with van der Waals surface area (Å²) >= 11 is 8.22. The maximum absolute atomic E-state index is 12.8. The molecule has 5 heteroatoms. The van der Waals surface area contributed by atoms with Gasteiger partial charge in [0.25, 0.3) is 5.91 Å². The minimum atomic E-state index is 0.0700. The Morgan fingerprint density at radius 2 is 2.30 bits per heavy atom. The molecule has 1 unspecified atom stereocenters. The fourth-order valence-corrected chi connectivity index (χ4v) is 3.23. The number of hydrogen-bond acceptors (Lipinski definition) is 2. The Labute approximate surface area is 139 Å². The van der Waals surface area contributed by atoms with Crippen molar-refractivity contribution in [2.24, 2.45) is 0 Å². The summed E-state index contributed by atoms with van der Waals surface area (Å²) in [5.41, 5.74) is 0.699. The molecule has 2 rings (SSSR count). The molecule has 0 radical (unpaired) electrons. The molecule has 0 aliphatic carbocycles. The Kier molecular flexibility index (Phi) is 5.69. The monoisotopic (exact) mass is 406 g/mol. The van der Waals surface area contributed by atoms with Gasteiger partial charge in [-0.25, -0.2) is 0 Å². The second-order valence-corrected chi connectivity index (χ2v) is 7.07. The fourth-order valence-electron chi connectivity index (χ4n) is 2.49. The summed E-state index contributed by atoms with van der Waals surface area (Å²) in [4.78, 5) is 14.7. The molecule has 3 nitrogen and oxygen atoms in total. The lowest BCUT2D eigenvalue weighted by Crippen LogP contribution is -2.45. The molecule has 1 aliphatic heterocycles. The van der Waals surface area contributed by atoms with Gasteiger partial charge in [-0.2, -0.15) is 0 Å². The third kappa shape index (κ3) is 3.86. The number of halogens is 2. The topological polar surface area (TPSA) is 32.3 Å². The average molecular weight is 407 g/mol. The van der Waals surface area contributed by atoms with Crippen LogP contribution in [0.4, 0.5) is 0 Å². The zero-order valence-electron chi connectivity index (χ0n) is 11.8. The first-order chi connectivity index (χ1) is 9.49. The minimum Gasteiger partial charge on any atom is -0.335 e. The van der Waals surface area contributed by atoms with Gasteiger partial charge in [0.2, 0.25) is 0 Å². The van der Waals surface area contributed by atoms with Gasteiger partial charge in [0.05, 0.1) is 5.56 Å². The molecule has 1 aromatic carbocycles. The maximum Gasteiger partial charge on any atom is 0.255 e. The van der Waals surface area contributed by atoms with Crippen molar-refractivity contribution < 1.29 is 4.79 Å². The van der Waals surface area contributed by atoms with Crippen LogP contribution in [-0.2, 0) is 0 Å². The highest BCUT2D eigenvalue weighted by atomic mass is 127. The normalized spacial score (nSPS) is 18.6. The minimum absolute atomic E-state index is 0.0700. The van der Waals surface area contributed by atoms with Crippen LogP contribution in [0.15, 0.2) is 18.2 Å². The SMILES string of the molecule is CC(C)N(CC1CCCN1)C(=O)c1cc(Cl)ccc1I. The summed E-state index contributed by atoms with van der Waals surface area (Å²) in [5.74, 6) is 0.0700. The van der Waals surface area contributed by atoms with E-state index in [-0.39, 0.29) is 11.9 Å². The lowest BCUT2D eigenvalue weighted by Gasteiger charge is -2.30. The smallest absolute Gasteiger partial charge is 0.255 e. The van der Waals surface area contributed by atoms with Gasteiger partial charge in [0, 0.05) is 27.2 Å². The van der Waals surface area contributed by atoms with Crippen molar-refractivity contribution in [2.45, 2.75) is 38.8 Å². The Hall–Kier alpha value is -0.330. The van der Waals surface area contributed by atoms with E-state index in [0.29, 0.717) is 16.6 Å². The predicted octanol–water partition coefficient (Wildman–Crippen LogP) is 3.55. The maximum atomic E-state index is 12.8. The van der Waals surface area contributed by atoms with Gasteiger partial charge >= 0.3 is 0 Å². The number of carbonyl (C=O) groups is 1. The molecule has 20 heavy (non-hydrogen) atoms. The summed E-state index contributed by atoms with van der Waals surface area (Å²) < 4.78 is 0.946. The van der Waals surface area contributed by atoms with E-state index in [1.165, 1.54) is 6.42 Å². The highest BCUT2D eigenvalue weighted by Gasteiger charge is 2.25. The summed E-state index contributed by atoms with van der Waals surface area (Å²) in [6.07, 6.45) is 2.34. The summed E-state index contributed by atoms with van der Waals surface area (Å²) in [7, 11) is 0. The van der Waals surface area contributed by atoms with Crippen LogP contribution < -0.4 is 5.32 Å². The van der Waals surface area contributed by atoms with Crippen molar-refractivity contribution >= 4 is 40.1 Å². The van der Waals surface area contributed by atoms with E-state index in [9.17, 15) is 4.79 Å². The van der Waals surface area contributed by atoms with Crippen molar-refractivity contribution in [3.8, 4) is 0 Å². The van der Waals surface area contributed by atoms with Gasteiger partial charge in [-0.15, -0.1) is 0 Å². The molecule has 1 aromatic rings. The second kappa shape index (κ2) is 7.09. The third-order valence-corrected chi connectivity index (χ3v) is 4.80. The summed E-state index contributed by atoms with van der Waals surface area (Å²) in [5, 5.41) is 4.06. The molecule has 0 spiro atoms. The molecule has 1 fully saturated rings. The first kappa shape index (κ1) is 16.0. The Morgan fingerprint density at radius 1 is 1.55 bits per heavy atom. The zero-order valence-corrected chi connectivity index (χ0v) is 14.7. The molecule has 1 aliphatic rings. The van der Waals surface area contributed by atoms with Gasteiger partial charge in [-0.1, -0.05) is 11.6 Å². The summed E-state index contributed by atoms with van der Waals surface area (Å²) in [6.45, 7) is 5.94. The van der Waals surface area contributed by atoms with Crippen LogP contribution in [0.5, 0.6) is 0 Å². The lowest BCUT2D eigenvalue weighted by atomic mass is 10.1. The van der Waals surface area contributed by atoms with Crippen LogP contribution >= 0.6 is 34.2 Å².